The number of anilines is 1. The van der Waals surface area contributed by atoms with Crippen molar-refractivity contribution in [3.8, 4) is 11.1 Å². The lowest BCUT2D eigenvalue weighted by molar-refractivity contribution is 0.0696. The van der Waals surface area contributed by atoms with E-state index in [-0.39, 0.29) is 17.0 Å². The lowest BCUT2D eigenvalue weighted by atomic mass is 9.99. The van der Waals surface area contributed by atoms with Crippen molar-refractivity contribution in [2.24, 2.45) is 0 Å². The highest BCUT2D eigenvalue weighted by atomic mass is 32.2. The van der Waals surface area contributed by atoms with Gasteiger partial charge in [-0.05, 0) is 66.3 Å². The molecule has 162 valence electrons. The number of nitrogens with zero attached hydrogens (tertiary/aromatic N) is 1. The highest BCUT2D eigenvalue weighted by Crippen LogP contribution is 2.29. The summed E-state index contributed by atoms with van der Waals surface area (Å²) < 4.78 is 27.8. The first-order valence-electron chi connectivity index (χ1n) is 10.2. The minimum absolute atomic E-state index is 0.0164. The highest BCUT2D eigenvalue weighted by molar-refractivity contribution is 7.92. The van der Waals surface area contributed by atoms with Crippen molar-refractivity contribution in [3.05, 3.63) is 83.4 Å². The van der Waals surface area contributed by atoms with Crippen LogP contribution < -0.4 is 4.31 Å². The maximum absolute atomic E-state index is 13.2. The van der Waals surface area contributed by atoms with E-state index in [1.165, 1.54) is 28.1 Å². The summed E-state index contributed by atoms with van der Waals surface area (Å²) in [7, 11) is -3.90. The Morgan fingerprint density at radius 2 is 1.48 bits per heavy atom. The molecule has 0 fully saturated rings. The molecule has 0 radical (unpaired) electrons. The number of carbonyl (C=O) groups is 1. The van der Waals surface area contributed by atoms with Crippen LogP contribution in [0.1, 0.15) is 48.2 Å². The normalized spacial score (nSPS) is 11.5. The lowest BCUT2D eigenvalue weighted by Gasteiger charge is -2.23. The molecule has 3 aromatic carbocycles. The van der Waals surface area contributed by atoms with E-state index >= 15 is 0 Å². The zero-order valence-corrected chi connectivity index (χ0v) is 19.0. The molecule has 0 unspecified atom stereocenters. The molecule has 1 N–H and O–H groups in total. The largest absolute Gasteiger partial charge is 0.478 e. The van der Waals surface area contributed by atoms with Gasteiger partial charge in [-0.25, -0.2) is 13.2 Å². The van der Waals surface area contributed by atoms with Crippen molar-refractivity contribution in [1.29, 1.82) is 0 Å². The molecule has 6 heteroatoms. The molecule has 0 amide bonds. The number of carboxylic acids is 1. The third-order valence-electron chi connectivity index (χ3n) is 5.38. The summed E-state index contributed by atoms with van der Waals surface area (Å²) in [4.78, 5) is 11.4. The van der Waals surface area contributed by atoms with Crippen molar-refractivity contribution >= 4 is 21.7 Å². The van der Waals surface area contributed by atoms with Gasteiger partial charge < -0.3 is 5.11 Å². The van der Waals surface area contributed by atoms with Crippen LogP contribution in [0, 0.1) is 6.92 Å². The van der Waals surface area contributed by atoms with Gasteiger partial charge >= 0.3 is 5.97 Å². The lowest BCUT2D eigenvalue weighted by Crippen LogP contribution is -2.31. The third kappa shape index (κ3) is 4.64. The molecule has 0 aromatic heterocycles. The molecule has 31 heavy (non-hydrogen) atoms. The Labute approximate surface area is 184 Å². The molecule has 0 aliphatic heterocycles. The van der Waals surface area contributed by atoms with Gasteiger partial charge in [0, 0.05) is 6.54 Å². The van der Waals surface area contributed by atoms with Crippen LogP contribution in [0.3, 0.4) is 0 Å². The van der Waals surface area contributed by atoms with Crippen molar-refractivity contribution in [2.45, 2.75) is 38.5 Å². The summed E-state index contributed by atoms with van der Waals surface area (Å²) in [6.45, 7) is 7.92. The minimum Gasteiger partial charge on any atom is -0.478 e. The number of rotatable bonds is 7. The zero-order chi connectivity index (χ0) is 22.8. The fraction of sp³-hybridized carbons (Fsp3) is 0.240. The monoisotopic (exact) mass is 437 g/mol. The van der Waals surface area contributed by atoms with E-state index in [4.69, 9.17) is 0 Å². The second-order valence-corrected chi connectivity index (χ2v) is 9.64. The summed E-state index contributed by atoms with van der Waals surface area (Å²) in [5.41, 5.74) is 4.35. The zero-order valence-electron chi connectivity index (χ0n) is 18.2. The van der Waals surface area contributed by atoms with Gasteiger partial charge in [0.2, 0.25) is 0 Å². The van der Waals surface area contributed by atoms with Crippen molar-refractivity contribution < 1.29 is 18.3 Å². The Bertz CT molecular complexity index is 1180. The molecule has 0 atom stereocenters. The van der Waals surface area contributed by atoms with E-state index in [1.54, 1.807) is 26.0 Å². The Morgan fingerprint density at radius 1 is 0.935 bits per heavy atom. The van der Waals surface area contributed by atoms with Crippen LogP contribution in [0.4, 0.5) is 5.69 Å². The second kappa shape index (κ2) is 8.94. The van der Waals surface area contributed by atoms with Crippen LogP contribution in [0.5, 0.6) is 0 Å². The quantitative estimate of drug-likeness (QED) is 0.515. The summed E-state index contributed by atoms with van der Waals surface area (Å²) in [5.74, 6) is -0.686. The van der Waals surface area contributed by atoms with Gasteiger partial charge in [0.1, 0.15) is 0 Å². The van der Waals surface area contributed by atoms with E-state index in [1.807, 2.05) is 12.1 Å². The molecule has 0 aliphatic rings. The first-order chi connectivity index (χ1) is 14.6. The Kier molecular flexibility index (Phi) is 6.51. The molecular weight excluding hydrogens is 410 g/mol. The Hall–Kier alpha value is -3.12. The van der Waals surface area contributed by atoms with Gasteiger partial charge in [-0.3, -0.25) is 4.31 Å². The first-order valence-corrected chi connectivity index (χ1v) is 11.7. The number of carboxylic acid groups (broad SMARTS) is 1. The number of aryl methyl sites for hydroxylation is 1. The number of sulfonamides is 1. The van der Waals surface area contributed by atoms with Crippen LogP contribution in [0.15, 0.2) is 71.6 Å². The topological polar surface area (TPSA) is 74.7 Å². The standard InChI is InChI=1S/C25H27NO4S/c1-5-26(31(29,30)23-15-6-18(4)24(16-23)25(27)28)22-13-11-21(12-14-22)20-9-7-19(8-10-20)17(2)3/h6-17H,5H2,1-4H3,(H,27,28). The molecule has 0 spiro atoms. The van der Waals surface area contributed by atoms with Gasteiger partial charge in [-0.2, -0.15) is 0 Å². The SMILES string of the molecule is CCN(c1ccc(-c2ccc(C(C)C)cc2)cc1)S(=O)(=O)c1ccc(C)c(C(=O)O)c1. The first kappa shape index (κ1) is 22.6. The predicted octanol–water partition coefficient (Wildman–Crippen LogP) is 5.70. The Balaban J connectivity index is 1.93. The smallest absolute Gasteiger partial charge is 0.335 e. The Morgan fingerprint density at radius 3 is 1.97 bits per heavy atom. The van der Waals surface area contributed by atoms with E-state index in [0.29, 0.717) is 17.2 Å². The molecule has 5 nitrogen and oxygen atoms in total. The predicted molar refractivity (Wildman–Crippen MR) is 124 cm³/mol. The molecule has 3 rings (SSSR count). The maximum Gasteiger partial charge on any atom is 0.335 e. The van der Waals surface area contributed by atoms with Crippen molar-refractivity contribution in [1.82, 2.24) is 0 Å². The van der Waals surface area contributed by atoms with Gasteiger partial charge in [0.15, 0.2) is 0 Å². The number of benzene rings is 3. The van der Waals surface area contributed by atoms with E-state index in [2.05, 4.69) is 38.1 Å². The van der Waals surface area contributed by atoms with E-state index < -0.39 is 16.0 Å². The maximum atomic E-state index is 13.2. The van der Waals surface area contributed by atoms with Gasteiger partial charge in [0.25, 0.3) is 10.0 Å². The van der Waals surface area contributed by atoms with Crippen LogP contribution >= 0.6 is 0 Å². The second-order valence-electron chi connectivity index (χ2n) is 7.78. The summed E-state index contributed by atoms with van der Waals surface area (Å²) >= 11 is 0. The number of hydrogen-bond acceptors (Lipinski definition) is 3. The summed E-state index contributed by atoms with van der Waals surface area (Å²) in [6.07, 6.45) is 0. The van der Waals surface area contributed by atoms with Crippen molar-refractivity contribution in [3.63, 3.8) is 0 Å². The van der Waals surface area contributed by atoms with Crippen LogP contribution in [0.25, 0.3) is 11.1 Å². The van der Waals surface area contributed by atoms with E-state index in [0.717, 1.165) is 11.1 Å². The third-order valence-corrected chi connectivity index (χ3v) is 7.28. The fourth-order valence-corrected chi connectivity index (χ4v) is 4.99. The fourth-order valence-electron chi connectivity index (χ4n) is 3.49. The molecular formula is C25H27NO4S. The minimum atomic E-state index is -3.90. The highest BCUT2D eigenvalue weighted by Gasteiger charge is 2.25. The van der Waals surface area contributed by atoms with Gasteiger partial charge in [0.05, 0.1) is 16.1 Å². The number of aromatic carboxylic acids is 1. The summed E-state index contributed by atoms with van der Waals surface area (Å²) in [6, 6.07) is 19.9. The van der Waals surface area contributed by atoms with Crippen LogP contribution in [0.2, 0.25) is 0 Å². The summed E-state index contributed by atoms with van der Waals surface area (Å²) in [5, 5.41) is 9.35. The average molecular weight is 438 g/mol. The van der Waals surface area contributed by atoms with Crippen LogP contribution in [-0.2, 0) is 10.0 Å². The molecule has 0 bridgehead atoms. The average Bonchev–Trinajstić information content (AvgIpc) is 2.74. The van der Waals surface area contributed by atoms with Gasteiger partial charge in [-0.1, -0.05) is 56.3 Å². The number of hydrogen-bond donors (Lipinski definition) is 1. The molecule has 0 heterocycles. The van der Waals surface area contributed by atoms with E-state index in [9.17, 15) is 18.3 Å². The molecule has 3 aromatic rings. The molecule has 0 saturated carbocycles. The van der Waals surface area contributed by atoms with Crippen LogP contribution in [-0.4, -0.2) is 26.0 Å². The van der Waals surface area contributed by atoms with Gasteiger partial charge in [-0.15, -0.1) is 0 Å². The molecule has 0 saturated heterocycles. The van der Waals surface area contributed by atoms with Crippen molar-refractivity contribution in [2.75, 3.05) is 10.8 Å². The molecule has 0 aliphatic carbocycles.